The Balaban J connectivity index is 2.70. The molecule has 0 radical (unpaired) electrons. The average molecular weight is 231 g/mol. The molecule has 1 aliphatic carbocycles. The van der Waals surface area contributed by atoms with Gasteiger partial charge in [-0.05, 0) is 30.4 Å². The lowest BCUT2D eigenvalue weighted by Crippen LogP contribution is -2.08. The summed E-state index contributed by atoms with van der Waals surface area (Å²) in [4.78, 5) is 0. The third-order valence-corrected chi connectivity index (χ3v) is 2.45. The monoisotopic (exact) mass is 231 g/mol. The molecule has 0 aromatic rings. The molecule has 0 atom stereocenters. The van der Waals surface area contributed by atoms with Gasteiger partial charge < -0.3 is 5.32 Å². The van der Waals surface area contributed by atoms with Crippen LogP contribution < -0.4 is 5.32 Å². The van der Waals surface area contributed by atoms with Crippen LogP contribution in [-0.4, -0.2) is 13.2 Å². The molecular weight excluding hydrogens is 215 g/mol. The van der Waals surface area contributed by atoms with Gasteiger partial charge in [-0.25, -0.2) is 0 Å². The fourth-order valence-corrected chi connectivity index (χ4v) is 1.53. The van der Waals surface area contributed by atoms with Crippen LogP contribution in [0.3, 0.4) is 0 Å². The van der Waals surface area contributed by atoms with E-state index in [2.05, 4.69) is 11.9 Å². The Kier molecular flexibility index (Phi) is 4.21. The first kappa shape index (κ1) is 12.9. The van der Waals surface area contributed by atoms with Gasteiger partial charge in [-0.3, -0.25) is 0 Å². The van der Waals surface area contributed by atoms with Gasteiger partial charge in [0.05, 0.1) is 6.42 Å². The van der Waals surface area contributed by atoms with E-state index in [1.807, 2.05) is 0 Å². The Morgan fingerprint density at radius 1 is 1.44 bits per heavy atom. The number of likely N-dealkylation sites (N-methyl/N-ethyl adjacent to an activating group) is 1. The summed E-state index contributed by atoms with van der Waals surface area (Å²) >= 11 is 0. The molecular formula is C12H16F3N. The summed E-state index contributed by atoms with van der Waals surface area (Å²) in [6.45, 7) is 3.69. The lowest BCUT2D eigenvalue weighted by atomic mass is 10.1. The standard InChI is InChI=1S/C12H16F3N/c1-3-10(9-6-7-9)11(16-2)5-4-8-12(13,14)15/h3-5,9,16H,1,6-8H2,2H3/b5-4-,11-10-. The lowest BCUT2D eigenvalue weighted by Gasteiger charge is -2.08. The lowest BCUT2D eigenvalue weighted by molar-refractivity contribution is -0.125. The largest absolute Gasteiger partial charge is 0.392 e. The van der Waals surface area contributed by atoms with E-state index in [1.54, 1.807) is 13.1 Å². The molecule has 0 aromatic carbocycles. The van der Waals surface area contributed by atoms with Crippen molar-refractivity contribution in [1.82, 2.24) is 5.32 Å². The summed E-state index contributed by atoms with van der Waals surface area (Å²) < 4.78 is 35.9. The zero-order valence-corrected chi connectivity index (χ0v) is 9.27. The molecule has 1 N–H and O–H groups in total. The third-order valence-electron chi connectivity index (χ3n) is 2.45. The Morgan fingerprint density at radius 2 is 2.06 bits per heavy atom. The minimum Gasteiger partial charge on any atom is -0.388 e. The van der Waals surface area contributed by atoms with Crippen LogP contribution in [0.4, 0.5) is 13.2 Å². The Bertz CT molecular complexity index is 309. The van der Waals surface area contributed by atoms with Gasteiger partial charge in [-0.1, -0.05) is 18.7 Å². The summed E-state index contributed by atoms with van der Waals surface area (Å²) in [5.41, 5.74) is 1.75. The molecule has 0 aromatic heterocycles. The molecule has 1 fully saturated rings. The highest BCUT2D eigenvalue weighted by Crippen LogP contribution is 2.38. The Morgan fingerprint density at radius 3 is 2.44 bits per heavy atom. The molecule has 0 spiro atoms. The molecule has 0 saturated heterocycles. The molecule has 1 saturated carbocycles. The van der Waals surface area contributed by atoms with E-state index in [4.69, 9.17) is 0 Å². The van der Waals surface area contributed by atoms with Crippen LogP contribution >= 0.6 is 0 Å². The second-order valence-electron chi connectivity index (χ2n) is 3.82. The van der Waals surface area contributed by atoms with Gasteiger partial charge in [0, 0.05) is 12.7 Å². The van der Waals surface area contributed by atoms with Gasteiger partial charge in [0.2, 0.25) is 0 Å². The SMILES string of the molecule is C=C/C(=C(\C=C/CC(F)(F)F)NC)C1CC1. The number of allylic oxidation sites excluding steroid dienone is 4. The highest BCUT2D eigenvalue weighted by Gasteiger charge is 2.27. The fourth-order valence-electron chi connectivity index (χ4n) is 1.53. The Hall–Kier alpha value is -1.19. The maximum absolute atomic E-state index is 12.0. The summed E-state index contributed by atoms with van der Waals surface area (Å²) in [6.07, 6.45) is 1.51. The van der Waals surface area contributed by atoms with E-state index in [1.165, 1.54) is 6.08 Å². The van der Waals surface area contributed by atoms with Crippen LogP contribution in [0.2, 0.25) is 0 Å². The second-order valence-corrected chi connectivity index (χ2v) is 3.82. The molecule has 1 nitrogen and oxygen atoms in total. The molecule has 0 amide bonds. The van der Waals surface area contributed by atoms with Crippen molar-refractivity contribution in [2.24, 2.45) is 5.92 Å². The summed E-state index contributed by atoms with van der Waals surface area (Å²) in [6, 6.07) is 0. The van der Waals surface area contributed by atoms with Crippen molar-refractivity contribution < 1.29 is 13.2 Å². The molecule has 0 bridgehead atoms. The van der Waals surface area contributed by atoms with E-state index in [9.17, 15) is 13.2 Å². The van der Waals surface area contributed by atoms with Crippen molar-refractivity contribution in [3.05, 3.63) is 36.1 Å². The van der Waals surface area contributed by atoms with Gasteiger partial charge >= 0.3 is 6.18 Å². The van der Waals surface area contributed by atoms with Gasteiger partial charge in [0.1, 0.15) is 0 Å². The van der Waals surface area contributed by atoms with Gasteiger partial charge in [0.25, 0.3) is 0 Å². The quantitative estimate of drug-likeness (QED) is 0.713. The highest BCUT2D eigenvalue weighted by molar-refractivity contribution is 5.35. The zero-order valence-electron chi connectivity index (χ0n) is 9.27. The molecule has 1 aliphatic rings. The first-order valence-electron chi connectivity index (χ1n) is 5.25. The Labute approximate surface area is 93.7 Å². The second kappa shape index (κ2) is 5.23. The molecule has 4 heteroatoms. The predicted octanol–water partition coefficient (Wildman–Crippen LogP) is 3.56. The van der Waals surface area contributed by atoms with Crippen LogP contribution in [0, 0.1) is 5.92 Å². The number of hydrogen-bond donors (Lipinski definition) is 1. The molecule has 0 heterocycles. The first-order chi connectivity index (χ1) is 7.48. The van der Waals surface area contributed by atoms with Gasteiger partial charge in [-0.2, -0.15) is 13.2 Å². The maximum Gasteiger partial charge on any atom is 0.392 e. The van der Waals surface area contributed by atoms with Crippen LogP contribution in [0.5, 0.6) is 0 Å². The molecule has 1 rings (SSSR count). The van der Waals surface area contributed by atoms with E-state index >= 15 is 0 Å². The van der Waals surface area contributed by atoms with E-state index in [-0.39, 0.29) is 0 Å². The van der Waals surface area contributed by atoms with Crippen molar-refractivity contribution in [2.45, 2.75) is 25.4 Å². The van der Waals surface area contributed by atoms with E-state index in [0.29, 0.717) is 5.92 Å². The van der Waals surface area contributed by atoms with Gasteiger partial charge in [-0.15, -0.1) is 0 Å². The summed E-state index contributed by atoms with van der Waals surface area (Å²) in [5, 5.41) is 2.91. The van der Waals surface area contributed by atoms with Crippen LogP contribution in [0.15, 0.2) is 36.1 Å². The minimum absolute atomic E-state index is 0.468. The average Bonchev–Trinajstić information content (AvgIpc) is 2.98. The molecule has 16 heavy (non-hydrogen) atoms. The molecule has 90 valence electrons. The van der Waals surface area contributed by atoms with Crippen molar-refractivity contribution in [3.63, 3.8) is 0 Å². The van der Waals surface area contributed by atoms with Crippen molar-refractivity contribution in [1.29, 1.82) is 0 Å². The smallest absolute Gasteiger partial charge is 0.388 e. The topological polar surface area (TPSA) is 12.0 Å². The fraction of sp³-hybridized carbons (Fsp3) is 0.500. The summed E-state index contributed by atoms with van der Waals surface area (Å²) in [7, 11) is 1.71. The number of hydrogen-bond acceptors (Lipinski definition) is 1. The molecule has 0 aliphatic heterocycles. The normalized spacial score (nSPS) is 18.5. The summed E-state index contributed by atoms with van der Waals surface area (Å²) in [5.74, 6) is 0.468. The van der Waals surface area contributed by atoms with Crippen molar-refractivity contribution >= 4 is 0 Å². The number of alkyl halides is 3. The maximum atomic E-state index is 12.0. The van der Waals surface area contributed by atoms with Crippen LogP contribution in [0.25, 0.3) is 0 Å². The van der Waals surface area contributed by atoms with Crippen LogP contribution in [0.1, 0.15) is 19.3 Å². The van der Waals surface area contributed by atoms with Crippen LogP contribution in [-0.2, 0) is 0 Å². The third kappa shape index (κ3) is 4.13. The van der Waals surface area contributed by atoms with E-state index < -0.39 is 12.6 Å². The predicted molar refractivity (Wildman–Crippen MR) is 58.8 cm³/mol. The number of halogens is 3. The minimum atomic E-state index is -4.14. The first-order valence-corrected chi connectivity index (χ1v) is 5.25. The van der Waals surface area contributed by atoms with E-state index in [0.717, 1.165) is 30.2 Å². The number of nitrogens with one attached hydrogen (secondary N) is 1. The van der Waals surface area contributed by atoms with Crippen molar-refractivity contribution in [3.8, 4) is 0 Å². The number of rotatable bonds is 5. The van der Waals surface area contributed by atoms with Gasteiger partial charge in [0.15, 0.2) is 0 Å². The highest BCUT2D eigenvalue weighted by atomic mass is 19.4. The van der Waals surface area contributed by atoms with Crippen molar-refractivity contribution in [2.75, 3.05) is 7.05 Å². The molecule has 0 unspecified atom stereocenters. The zero-order chi connectivity index (χ0) is 12.2.